The van der Waals surface area contributed by atoms with Crippen molar-refractivity contribution in [1.82, 2.24) is 10.2 Å². The molecule has 2 aromatic rings. The average molecular weight is 405 g/mol. The van der Waals surface area contributed by atoms with Gasteiger partial charge in [-0.3, -0.25) is 0 Å². The minimum absolute atomic E-state index is 0.0240. The highest BCUT2D eigenvalue weighted by molar-refractivity contribution is 6.33. The van der Waals surface area contributed by atoms with Crippen molar-refractivity contribution >= 4 is 11.6 Å². The summed E-state index contributed by atoms with van der Waals surface area (Å²) < 4.78 is 11.4. The number of ether oxygens (including phenoxy) is 1. The number of hydrogen-bond acceptors (Lipinski definition) is 5. The van der Waals surface area contributed by atoms with Crippen molar-refractivity contribution < 1.29 is 14.3 Å². The summed E-state index contributed by atoms with van der Waals surface area (Å²) in [5, 5.41) is 18.8. The smallest absolute Gasteiger partial charge is 0.249 e. The maximum atomic E-state index is 9.54. The van der Waals surface area contributed by atoms with Crippen molar-refractivity contribution in [1.29, 1.82) is 0 Å². The number of halogens is 1. The van der Waals surface area contributed by atoms with Crippen molar-refractivity contribution in [2.24, 2.45) is 5.41 Å². The van der Waals surface area contributed by atoms with Crippen molar-refractivity contribution in [3.05, 3.63) is 29.1 Å². The highest BCUT2D eigenvalue weighted by Gasteiger charge is 2.51. The van der Waals surface area contributed by atoms with Crippen LogP contribution in [-0.4, -0.2) is 28.5 Å². The molecule has 3 aliphatic rings. The quantitative estimate of drug-likeness (QED) is 0.655. The molecule has 1 atom stereocenters. The van der Waals surface area contributed by atoms with Crippen LogP contribution < -0.4 is 4.74 Å². The van der Waals surface area contributed by atoms with Crippen LogP contribution in [-0.2, 0) is 5.41 Å². The van der Waals surface area contributed by atoms with E-state index in [0.717, 1.165) is 43.6 Å². The van der Waals surface area contributed by atoms with Gasteiger partial charge in [-0.2, -0.15) is 0 Å². The van der Waals surface area contributed by atoms with Gasteiger partial charge in [0.25, 0.3) is 0 Å². The SMILES string of the molecule is COc1ccc(-c2nnc(C34CCC(CCCC(C)O)(CC3)CC4)o2)c(Cl)c1. The van der Waals surface area contributed by atoms with Gasteiger partial charge >= 0.3 is 0 Å². The van der Waals surface area contributed by atoms with E-state index in [1.54, 1.807) is 13.2 Å². The van der Waals surface area contributed by atoms with Gasteiger partial charge in [-0.25, -0.2) is 0 Å². The topological polar surface area (TPSA) is 68.4 Å². The molecule has 0 saturated heterocycles. The fourth-order valence-corrected chi connectivity index (χ4v) is 5.33. The van der Waals surface area contributed by atoms with Gasteiger partial charge in [0.05, 0.1) is 23.8 Å². The third-order valence-electron chi connectivity index (χ3n) is 7.02. The third-order valence-corrected chi connectivity index (χ3v) is 7.33. The normalized spacial score (nSPS) is 27.7. The van der Waals surface area contributed by atoms with E-state index < -0.39 is 0 Å². The minimum Gasteiger partial charge on any atom is -0.497 e. The van der Waals surface area contributed by atoms with Crippen LogP contribution in [0.15, 0.2) is 22.6 Å². The molecule has 3 aliphatic carbocycles. The van der Waals surface area contributed by atoms with Crippen molar-refractivity contribution in [3.63, 3.8) is 0 Å². The Kier molecular flexibility index (Phi) is 5.41. The summed E-state index contributed by atoms with van der Waals surface area (Å²) in [4.78, 5) is 0. The monoisotopic (exact) mass is 404 g/mol. The van der Waals surface area contributed by atoms with Gasteiger partial charge in [0.15, 0.2) is 0 Å². The highest BCUT2D eigenvalue weighted by Crippen LogP contribution is 2.59. The lowest BCUT2D eigenvalue weighted by atomic mass is 9.52. The summed E-state index contributed by atoms with van der Waals surface area (Å²) in [7, 11) is 1.62. The molecule has 0 amide bonds. The molecule has 6 heteroatoms. The second-order valence-corrected chi connectivity index (χ2v) is 9.19. The van der Waals surface area contributed by atoms with Crippen LogP contribution >= 0.6 is 11.6 Å². The molecule has 1 N–H and O–H groups in total. The van der Waals surface area contributed by atoms with Gasteiger partial charge in [-0.05, 0) is 81.9 Å². The molecule has 5 rings (SSSR count). The number of nitrogens with zero attached hydrogens (tertiary/aromatic N) is 2. The Morgan fingerprint density at radius 2 is 1.89 bits per heavy atom. The molecule has 1 heterocycles. The first-order valence-electron chi connectivity index (χ1n) is 10.3. The van der Waals surface area contributed by atoms with E-state index in [0.29, 0.717) is 22.1 Å². The lowest BCUT2D eigenvalue weighted by Gasteiger charge is -2.52. The maximum Gasteiger partial charge on any atom is 0.249 e. The molecule has 3 saturated carbocycles. The molecular formula is C22H29ClN2O3. The van der Waals surface area contributed by atoms with Gasteiger partial charge < -0.3 is 14.3 Å². The van der Waals surface area contributed by atoms with Crippen molar-refractivity contribution in [2.75, 3.05) is 7.11 Å². The molecule has 0 spiro atoms. The zero-order valence-corrected chi connectivity index (χ0v) is 17.5. The predicted octanol–water partition coefficient (Wildman–Crippen LogP) is 5.54. The molecule has 28 heavy (non-hydrogen) atoms. The minimum atomic E-state index is -0.190. The average Bonchev–Trinajstić information content (AvgIpc) is 3.19. The molecule has 1 unspecified atom stereocenters. The van der Waals surface area contributed by atoms with Crippen LogP contribution in [0.3, 0.4) is 0 Å². The molecule has 152 valence electrons. The number of hydrogen-bond donors (Lipinski definition) is 1. The fourth-order valence-electron chi connectivity index (χ4n) is 5.07. The summed E-state index contributed by atoms with van der Waals surface area (Å²) in [5.41, 5.74) is 1.23. The van der Waals surface area contributed by atoms with E-state index in [-0.39, 0.29) is 11.5 Å². The van der Waals surface area contributed by atoms with Crippen LogP contribution in [0.2, 0.25) is 5.02 Å². The van der Waals surface area contributed by atoms with E-state index in [1.807, 2.05) is 19.1 Å². The summed E-state index contributed by atoms with van der Waals surface area (Å²) in [5.74, 6) is 1.96. The van der Waals surface area contributed by atoms with E-state index >= 15 is 0 Å². The third kappa shape index (κ3) is 3.67. The standard InChI is InChI=1S/C22H29ClN2O3/c1-15(26)4-3-7-21-8-11-22(12-9-21,13-10-21)20-25-24-19(28-20)17-6-5-16(27-2)14-18(17)23/h5-6,14-15,26H,3-4,7-13H2,1-2H3. The van der Waals surface area contributed by atoms with Gasteiger partial charge in [-0.1, -0.05) is 18.0 Å². The lowest BCUT2D eigenvalue weighted by molar-refractivity contribution is 0.0155. The van der Waals surface area contributed by atoms with Crippen LogP contribution in [0.1, 0.15) is 70.6 Å². The molecule has 2 bridgehead atoms. The molecule has 1 aromatic carbocycles. The Bertz CT molecular complexity index is 808. The first-order chi connectivity index (χ1) is 13.5. The van der Waals surface area contributed by atoms with Gasteiger partial charge in [0, 0.05) is 5.41 Å². The van der Waals surface area contributed by atoms with E-state index in [2.05, 4.69) is 10.2 Å². The predicted molar refractivity (Wildman–Crippen MR) is 109 cm³/mol. The molecule has 0 aliphatic heterocycles. The van der Waals surface area contributed by atoms with E-state index in [4.69, 9.17) is 20.8 Å². The number of rotatable bonds is 7. The Hall–Kier alpha value is -1.59. The lowest BCUT2D eigenvalue weighted by Crippen LogP contribution is -2.44. The first kappa shape index (κ1) is 19.7. The van der Waals surface area contributed by atoms with Crippen LogP contribution in [0, 0.1) is 5.41 Å². The molecule has 3 fully saturated rings. The Labute approximate surface area is 171 Å². The Balaban J connectivity index is 1.47. The summed E-state index contributed by atoms with van der Waals surface area (Å²) >= 11 is 6.38. The summed E-state index contributed by atoms with van der Waals surface area (Å²) in [6.07, 6.45) is 10.0. The summed E-state index contributed by atoms with van der Waals surface area (Å²) in [6.45, 7) is 1.88. The molecule has 5 nitrogen and oxygen atoms in total. The highest BCUT2D eigenvalue weighted by atomic mass is 35.5. The number of benzene rings is 1. The van der Waals surface area contributed by atoms with Gasteiger partial charge in [0.2, 0.25) is 11.8 Å². The number of fused-ring (bicyclic) bond motifs is 3. The molecule has 0 radical (unpaired) electrons. The maximum absolute atomic E-state index is 9.54. The first-order valence-corrected chi connectivity index (χ1v) is 10.7. The van der Waals surface area contributed by atoms with E-state index in [1.165, 1.54) is 25.7 Å². The van der Waals surface area contributed by atoms with Crippen molar-refractivity contribution in [3.8, 4) is 17.2 Å². The van der Waals surface area contributed by atoms with Gasteiger partial charge in [0.1, 0.15) is 5.75 Å². The second-order valence-electron chi connectivity index (χ2n) is 8.78. The van der Waals surface area contributed by atoms with Crippen LogP contribution in [0.4, 0.5) is 0 Å². The molecular weight excluding hydrogens is 376 g/mol. The van der Waals surface area contributed by atoms with Crippen LogP contribution in [0.5, 0.6) is 5.75 Å². The summed E-state index contributed by atoms with van der Waals surface area (Å²) in [6, 6.07) is 5.49. The Morgan fingerprint density at radius 3 is 2.50 bits per heavy atom. The zero-order valence-electron chi connectivity index (χ0n) is 16.7. The van der Waals surface area contributed by atoms with Crippen LogP contribution in [0.25, 0.3) is 11.5 Å². The Morgan fingerprint density at radius 1 is 1.18 bits per heavy atom. The number of methoxy groups -OCH3 is 1. The number of aromatic nitrogens is 2. The number of aliphatic hydroxyl groups excluding tert-OH is 1. The van der Waals surface area contributed by atoms with Crippen molar-refractivity contribution in [2.45, 2.75) is 76.2 Å². The largest absolute Gasteiger partial charge is 0.497 e. The number of aliphatic hydroxyl groups is 1. The second kappa shape index (κ2) is 7.68. The fraction of sp³-hybridized carbons (Fsp3) is 0.636. The van der Waals surface area contributed by atoms with Gasteiger partial charge in [-0.15, -0.1) is 10.2 Å². The van der Waals surface area contributed by atoms with E-state index in [9.17, 15) is 5.11 Å². The molecule has 1 aromatic heterocycles. The zero-order chi connectivity index (χ0) is 19.8.